The number of nitrogens with two attached hydrogens (primary N) is 1. The van der Waals surface area contributed by atoms with Gasteiger partial charge in [-0.15, -0.1) is 11.8 Å². The largest absolute Gasteiger partial charge is 0.493 e. The maximum atomic E-state index is 11.2. The molecule has 2 N–H and O–H groups in total. The molecule has 0 aliphatic heterocycles. The number of thioether (sulfide) groups is 1. The van der Waals surface area contributed by atoms with E-state index in [1.165, 1.54) is 43.1 Å². The number of primary sulfonamides is 1. The summed E-state index contributed by atoms with van der Waals surface area (Å²) < 4.78 is 32.2. The monoisotopic (exact) mass is 319 g/mol. The van der Waals surface area contributed by atoms with Crippen LogP contribution in [-0.2, 0) is 19.6 Å². The normalized spacial score (nSPS) is 12.8. The fourth-order valence-electron chi connectivity index (χ4n) is 1.34. The fraction of sp³-hybridized carbons (Fsp3) is 0.417. The minimum absolute atomic E-state index is 0.0403. The maximum Gasteiger partial charge on any atom is 0.318 e. The number of esters is 1. The second kappa shape index (κ2) is 7.51. The number of ether oxygens (including phenoxy) is 2. The first-order valence-corrected chi connectivity index (χ1v) is 8.39. The Morgan fingerprint density at radius 2 is 1.95 bits per heavy atom. The highest BCUT2D eigenvalue weighted by Crippen LogP contribution is 2.16. The number of sulfonamides is 1. The van der Waals surface area contributed by atoms with Gasteiger partial charge in [0.1, 0.15) is 5.75 Å². The molecule has 0 saturated carbocycles. The predicted octanol–water partition coefficient (Wildman–Crippen LogP) is 1.01. The van der Waals surface area contributed by atoms with Crippen LogP contribution < -0.4 is 9.88 Å². The zero-order valence-corrected chi connectivity index (χ0v) is 12.9. The van der Waals surface area contributed by atoms with Crippen LogP contribution in [0.3, 0.4) is 0 Å². The quantitative estimate of drug-likeness (QED) is 0.595. The highest BCUT2D eigenvalue weighted by molar-refractivity contribution is 8.00. The lowest BCUT2D eigenvalue weighted by Gasteiger charge is -2.10. The number of benzene rings is 1. The van der Waals surface area contributed by atoms with Crippen LogP contribution in [0.15, 0.2) is 29.2 Å². The molecule has 0 bridgehead atoms. The van der Waals surface area contributed by atoms with Crippen molar-refractivity contribution in [1.82, 2.24) is 0 Å². The number of carbonyl (C=O) groups is 1. The Balaban J connectivity index is 2.38. The maximum absolute atomic E-state index is 11.2. The SMILES string of the molecule is COC(=O)C(C)SCCOc1ccc(S(N)(=O)=O)cc1. The van der Waals surface area contributed by atoms with Crippen molar-refractivity contribution in [2.45, 2.75) is 17.1 Å². The van der Waals surface area contributed by atoms with E-state index in [-0.39, 0.29) is 16.1 Å². The van der Waals surface area contributed by atoms with Gasteiger partial charge in [-0.2, -0.15) is 0 Å². The molecular formula is C12H17NO5S2. The molecule has 20 heavy (non-hydrogen) atoms. The second-order valence-corrected chi connectivity index (χ2v) is 6.91. The summed E-state index contributed by atoms with van der Waals surface area (Å²) >= 11 is 1.42. The minimum Gasteiger partial charge on any atom is -0.493 e. The van der Waals surface area contributed by atoms with Gasteiger partial charge in [0, 0.05) is 5.75 Å². The summed E-state index contributed by atoms with van der Waals surface area (Å²) in [4.78, 5) is 11.2. The highest BCUT2D eigenvalue weighted by Gasteiger charge is 2.13. The third kappa shape index (κ3) is 5.40. The summed E-state index contributed by atoms with van der Waals surface area (Å²) in [6.07, 6.45) is 0. The van der Waals surface area contributed by atoms with E-state index in [9.17, 15) is 13.2 Å². The van der Waals surface area contributed by atoms with Crippen LogP contribution in [0.4, 0.5) is 0 Å². The summed E-state index contributed by atoms with van der Waals surface area (Å²) in [5.74, 6) is 0.893. The van der Waals surface area contributed by atoms with Crippen LogP contribution in [0, 0.1) is 0 Å². The minimum atomic E-state index is -3.68. The molecule has 0 aromatic heterocycles. The molecule has 112 valence electrons. The van der Waals surface area contributed by atoms with E-state index in [1.54, 1.807) is 6.92 Å². The Morgan fingerprint density at radius 3 is 2.45 bits per heavy atom. The topological polar surface area (TPSA) is 95.7 Å². The molecule has 1 unspecified atom stereocenters. The van der Waals surface area contributed by atoms with Crippen molar-refractivity contribution in [2.24, 2.45) is 5.14 Å². The van der Waals surface area contributed by atoms with Gasteiger partial charge in [-0.05, 0) is 31.2 Å². The number of hydrogen-bond donors (Lipinski definition) is 1. The second-order valence-electron chi connectivity index (χ2n) is 3.90. The van der Waals surface area contributed by atoms with Gasteiger partial charge in [-0.3, -0.25) is 4.79 Å². The van der Waals surface area contributed by atoms with Crippen molar-refractivity contribution < 1.29 is 22.7 Å². The molecular weight excluding hydrogens is 302 g/mol. The van der Waals surface area contributed by atoms with E-state index in [0.717, 1.165) is 0 Å². The van der Waals surface area contributed by atoms with Gasteiger partial charge < -0.3 is 9.47 Å². The first-order chi connectivity index (χ1) is 9.34. The molecule has 0 saturated heterocycles. The number of methoxy groups -OCH3 is 1. The van der Waals surface area contributed by atoms with Crippen LogP contribution in [-0.4, -0.2) is 39.1 Å². The van der Waals surface area contributed by atoms with E-state index >= 15 is 0 Å². The number of hydrogen-bond acceptors (Lipinski definition) is 6. The summed E-state index contributed by atoms with van der Waals surface area (Å²) in [5.41, 5.74) is 0. The van der Waals surface area contributed by atoms with Gasteiger partial charge in [-0.1, -0.05) is 0 Å². The molecule has 1 aromatic carbocycles. The van der Waals surface area contributed by atoms with Crippen LogP contribution in [0.1, 0.15) is 6.92 Å². The van der Waals surface area contributed by atoms with Crippen molar-refractivity contribution in [3.05, 3.63) is 24.3 Å². The van der Waals surface area contributed by atoms with E-state index in [2.05, 4.69) is 4.74 Å². The lowest BCUT2D eigenvalue weighted by molar-refractivity contribution is -0.139. The smallest absolute Gasteiger partial charge is 0.318 e. The van der Waals surface area contributed by atoms with Crippen molar-refractivity contribution in [3.63, 3.8) is 0 Å². The lowest BCUT2D eigenvalue weighted by Crippen LogP contribution is -2.16. The van der Waals surface area contributed by atoms with Gasteiger partial charge >= 0.3 is 5.97 Å². The molecule has 0 spiro atoms. The van der Waals surface area contributed by atoms with Crippen molar-refractivity contribution in [2.75, 3.05) is 19.5 Å². The van der Waals surface area contributed by atoms with E-state index in [0.29, 0.717) is 18.1 Å². The van der Waals surface area contributed by atoms with Gasteiger partial charge in [0.25, 0.3) is 0 Å². The molecule has 6 nitrogen and oxygen atoms in total. The summed E-state index contributed by atoms with van der Waals surface area (Å²) in [5, 5.41) is 4.75. The molecule has 0 fully saturated rings. The zero-order valence-electron chi connectivity index (χ0n) is 11.2. The molecule has 1 aromatic rings. The Morgan fingerprint density at radius 1 is 1.35 bits per heavy atom. The van der Waals surface area contributed by atoms with Crippen LogP contribution in [0.5, 0.6) is 5.75 Å². The summed E-state index contributed by atoms with van der Waals surface area (Å²) in [7, 11) is -2.33. The Kier molecular flexibility index (Phi) is 6.31. The van der Waals surface area contributed by atoms with Gasteiger partial charge in [0.05, 0.1) is 23.9 Å². The highest BCUT2D eigenvalue weighted by atomic mass is 32.2. The van der Waals surface area contributed by atoms with Gasteiger partial charge in [0.15, 0.2) is 0 Å². The Labute approximate surface area is 122 Å². The molecule has 1 rings (SSSR count). The third-order valence-electron chi connectivity index (χ3n) is 2.41. The van der Waals surface area contributed by atoms with Crippen molar-refractivity contribution in [3.8, 4) is 5.75 Å². The van der Waals surface area contributed by atoms with Gasteiger partial charge in [-0.25, -0.2) is 13.6 Å². The number of carbonyl (C=O) groups excluding carboxylic acids is 1. The van der Waals surface area contributed by atoms with Crippen LogP contribution in [0.2, 0.25) is 0 Å². The van der Waals surface area contributed by atoms with Crippen molar-refractivity contribution in [1.29, 1.82) is 0 Å². The zero-order chi connectivity index (χ0) is 15.2. The Hall–Kier alpha value is -1.25. The number of rotatable bonds is 7. The molecule has 1 atom stereocenters. The van der Waals surface area contributed by atoms with Gasteiger partial charge in [0.2, 0.25) is 10.0 Å². The summed E-state index contributed by atoms with van der Waals surface area (Å²) in [6, 6.07) is 5.84. The van der Waals surface area contributed by atoms with E-state index in [1.807, 2.05) is 0 Å². The fourth-order valence-corrected chi connectivity index (χ4v) is 2.62. The first-order valence-electron chi connectivity index (χ1n) is 5.79. The van der Waals surface area contributed by atoms with Crippen LogP contribution in [0.25, 0.3) is 0 Å². The predicted molar refractivity (Wildman–Crippen MR) is 77.2 cm³/mol. The standard InChI is InChI=1S/C12H17NO5S2/c1-9(12(14)17-2)19-8-7-18-10-3-5-11(6-4-10)20(13,15)16/h3-6,9H,7-8H2,1-2H3,(H2,13,15,16). The summed E-state index contributed by atoms with van der Waals surface area (Å²) in [6.45, 7) is 2.16. The van der Waals surface area contributed by atoms with E-state index in [4.69, 9.17) is 9.88 Å². The molecule has 8 heteroatoms. The third-order valence-corrected chi connectivity index (χ3v) is 4.43. The molecule has 0 amide bonds. The Bertz CT molecular complexity index is 541. The van der Waals surface area contributed by atoms with E-state index < -0.39 is 10.0 Å². The molecule has 0 heterocycles. The van der Waals surface area contributed by atoms with Crippen LogP contribution >= 0.6 is 11.8 Å². The lowest BCUT2D eigenvalue weighted by atomic mass is 10.3. The average molecular weight is 319 g/mol. The average Bonchev–Trinajstić information content (AvgIpc) is 2.42. The van der Waals surface area contributed by atoms with Crippen molar-refractivity contribution >= 4 is 27.8 Å². The molecule has 0 aliphatic rings. The first kappa shape index (κ1) is 16.8. The molecule has 0 aliphatic carbocycles. The molecule has 0 radical (unpaired) electrons.